The molecule has 11 rings (SSSR count). The van der Waals surface area contributed by atoms with E-state index in [0.29, 0.717) is 167 Å². The van der Waals surface area contributed by atoms with E-state index in [0.717, 1.165) is 28.8 Å². The molecule has 0 saturated carbocycles. The van der Waals surface area contributed by atoms with Gasteiger partial charge >= 0.3 is 10.4 Å². The van der Waals surface area contributed by atoms with Crippen molar-refractivity contribution >= 4 is 51.8 Å². The number of azide groups is 1. The van der Waals surface area contributed by atoms with Crippen molar-refractivity contribution in [1.82, 2.24) is 28.9 Å². The van der Waals surface area contributed by atoms with Crippen molar-refractivity contribution in [3.05, 3.63) is 134 Å². The van der Waals surface area contributed by atoms with Crippen LogP contribution < -0.4 is 32.1 Å². The number of amides is 2. The van der Waals surface area contributed by atoms with E-state index in [-0.39, 0.29) is 128 Å². The van der Waals surface area contributed by atoms with Gasteiger partial charge in [-0.15, -0.1) is 8.42 Å². The largest absolute Gasteiger partial charge is 0.501 e. The molecule has 7 atom stereocenters. The molecule has 5 aliphatic heterocycles. The maximum absolute atomic E-state index is 14.5. The second kappa shape index (κ2) is 45.6. The SMILES string of the molecule is COc1cc2c(cc1OCc1cc(COc3cc4c(cc3OC)C(=O)N3Cc5ncn(C)c5C[C@H]3C=N4)cc(OS(=O)(=O)Oc3cc(C(=O)CCCOCCOCCOCCOCCOCCOCCOCCOCCOCCOCCOCCN=[N+]=[N-])ccc3OC3O[C@H](CO)[C@H](O)[C@H](O)[C@H]3O)c1)N=C[C@@H]1Cc3c(ncn3C)CN1C2=O. The molecule has 1 unspecified atom stereocenters. The summed E-state index contributed by atoms with van der Waals surface area (Å²) in [6.45, 7) is 7.68. The zero-order chi connectivity index (χ0) is 83.2. The van der Waals surface area contributed by atoms with Gasteiger partial charge in [0.25, 0.3) is 11.8 Å². The first-order valence-corrected chi connectivity index (χ1v) is 39.9. The standard InChI is InChI=1S/C78H101N11O28S/c1-86-49-82-61-44-88-54(36-63(61)86)42-80-59-40-69(67(99-3)38-57(59)76(88)95)112-47-51-32-52(48-113-70-41-60-58(39-68(70)100-4)77(96)89-45-62-64(87(2)50-83-62)37-55(89)43-81-60)34-56(33-51)116-118(97,98)117-71-35-53(7-8-66(71)114-78-75(94)74(93)73(92)72(46-90)115-78)65(91)6-5-10-101-12-14-103-16-18-105-20-22-107-24-26-109-28-30-111-31-29-110-27-25-108-23-21-106-19-17-104-15-13-102-11-9-84-85-79/h7-8,32-35,38-43,49-50,54-55,72-75,78,90,92-94H,5-6,9-31,36-37,44-48H2,1-4H3/t54-,55-,72+,73-,74-,75+,78?/m0/s1. The molecule has 0 radical (unpaired) electrons. The van der Waals surface area contributed by atoms with Gasteiger partial charge < -0.3 is 128 Å². The third-order valence-electron chi connectivity index (χ3n) is 19.2. The van der Waals surface area contributed by atoms with Crippen LogP contribution in [-0.2, 0) is 120 Å². The van der Waals surface area contributed by atoms with Crippen molar-refractivity contribution in [3.8, 4) is 40.2 Å². The van der Waals surface area contributed by atoms with E-state index in [1.54, 1.807) is 65.2 Å². The van der Waals surface area contributed by atoms with E-state index < -0.39 is 65.0 Å². The predicted octanol–water partition coefficient (Wildman–Crippen LogP) is 4.23. The van der Waals surface area contributed by atoms with Crippen LogP contribution in [0.25, 0.3) is 10.4 Å². The molecule has 4 N–H and O–H groups in total. The maximum atomic E-state index is 14.5. The van der Waals surface area contributed by atoms with Crippen LogP contribution in [0.15, 0.2) is 88.4 Å². The molecule has 118 heavy (non-hydrogen) atoms. The minimum Gasteiger partial charge on any atom is -0.493 e. The first kappa shape index (κ1) is 89.3. The normalized spacial score (nSPS) is 18.6. The maximum Gasteiger partial charge on any atom is 0.501 e. The van der Waals surface area contributed by atoms with Crippen molar-refractivity contribution in [2.75, 3.05) is 173 Å². The number of ether oxygens (including phenoxy) is 17. The molecular weight excluding hydrogens is 1570 g/mol. The van der Waals surface area contributed by atoms with Gasteiger partial charge in [-0.1, -0.05) is 5.11 Å². The van der Waals surface area contributed by atoms with Crippen molar-refractivity contribution in [1.29, 1.82) is 0 Å². The number of fused-ring (bicyclic) bond motifs is 6. The number of carbonyl (C=O) groups is 3. The summed E-state index contributed by atoms with van der Waals surface area (Å²) >= 11 is 0. The molecule has 2 amide bonds. The molecule has 2 aromatic heterocycles. The van der Waals surface area contributed by atoms with Crippen molar-refractivity contribution in [2.24, 2.45) is 29.2 Å². The van der Waals surface area contributed by atoms with Gasteiger partial charge in [0.05, 0.1) is 231 Å². The van der Waals surface area contributed by atoms with Crippen LogP contribution in [0.5, 0.6) is 40.2 Å². The molecule has 7 heterocycles. The van der Waals surface area contributed by atoms with Gasteiger partial charge in [-0.25, -0.2) is 9.97 Å². The summed E-state index contributed by atoms with van der Waals surface area (Å²) in [5.41, 5.74) is 13.5. The van der Waals surface area contributed by atoms with E-state index >= 15 is 0 Å². The van der Waals surface area contributed by atoms with Gasteiger partial charge in [0.15, 0.2) is 40.3 Å². The Hall–Kier alpha value is -9.53. The summed E-state index contributed by atoms with van der Waals surface area (Å²) in [5.74, 6) is -1.75. The van der Waals surface area contributed by atoms with Crippen LogP contribution in [0.2, 0.25) is 0 Å². The number of aliphatic hydroxyl groups is 4. The Labute approximate surface area is 681 Å². The highest BCUT2D eigenvalue weighted by atomic mass is 32.3. The summed E-state index contributed by atoms with van der Waals surface area (Å²) in [7, 11) is 1.33. The molecule has 642 valence electrons. The monoisotopic (exact) mass is 1670 g/mol. The van der Waals surface area contributed by atoms with Crippen molar-refractivity contribution in [2.45, 2.75) is 94.8 Å². The van der Waals surface area contributed by atoms with E-state index in [4.69, 9.17) is 104 Å². The van der Waals surface area contributed by atoms with E-state index in [9.17, 15) is 43.2 Å². The number of nitrogens with zero attached hydrogens (tertiary/aromatic N) is 11. The molecule has 6 aromatic rings. The lowest BCUT2D eigenvalue weighted by Gasteiger charge is -2.39. The molecule has 0 aliphatic carbocycles. The minimum absolute atomic E-state index is 0.0461. The van der Waals surface area contributed by atoms with Crippen LogP contribution in [0, 0.1) is 0 Å². The fraction of sp³-hybridized carbons (Fsp3) is 0.551. The number of methoxy groups -OCH3 is 2. The molecule has 5 aliphatic rings. The average molecular weight is 1670 g/mol. The number of carbonyl (C=O) groups excluding carboxylic acids is 3. The molecule has 1 fully saturated rings. The zero-order valence-corrected chi connectivity index (χ0v) is 67.0. The summed E-state index contributed by atoms with van der Waals surface area (Å²) < 4.78 is 141. The van der Waals surface area contributed by atoms with Crippen LogP contribution in [0.4, 0.5) is 11.4 Å². The average Bonchev–Trinajstić information content (AvgIpc) is 1.61. The predicted molar refractivity (Wildman–Crippen MR) is 416 cm³/mol. The first-order chi connectivity index (χ1) is 57.4. The lowest BCUT2D eigenvalue weighted by atomic mass is 9.99. The number of benzene rings is 4. The molecular formula is C78H101N11O28S. The number of hydrogen-bond donors (Lipinski definition) is 4. The third-order valence-corrected chi connectivity index (χ3v) is 20.0. The number of ketones is 1. The number of aromatic nitrogens is 4. The third kappa shape index (κ3) is 25.3. The van der Waals surface area contributed by atoms with Crippen LogP contribution in [0.1, 0.15) is 77.8 Å². The van der Waals surface area contributed by atoms with Gasteiger partial charge in [0.1, 0.15) is 43.4 Å². The van der Waals surface area contributed by atoms with Crippen LogP contribution in [0.3, 0.4) is 0 Å². The fourth-order valence-corrected chi connectivity index (χ4v) is 13.8. The summed E-state index contributed by atoms with van der Waals surface area (Å²) in [5, 5.41) is 45.6. The topological polar surface area (TPSA) is 457 Å². The quantitative estimate of drug-likeness (QED) is 0.0136. The lowest BCUT2D eigenvalue weighted by molar-refractivity contribution is -0.277. The van der Waals surface area contributed by atoms with E-state index in [2.05, 4.69) is 20.0 Å². The number of aryl methyl sites for hydroxylation is 2. The number of Topliss-reactive ketones (excluding diaryl/α,β-unsaturated/α-hetero) is 1. The molecule has 40 heteroatoms. The van der Waals surface area contributed by atoms with Crippen LogP contribution >= 0.6 is 0 Å². The Balaban J connectivity index is 0.654. The second-order valence-electron chi connectivity index (χ2n) is 27.3. The van der Waals surface area contributed by atoms with Crippen molar-refractivity contribution in [3.63, 3.8) is 0 Å². The van der Waals surface area contributed by atoms with E-state index in [1.807, 2.05) is 23.2 Å². The lowest BCUT2D eigenvalue weighted by Crippen LogP contribution is -2.60. The molecule has 4 aromatic carbocycles. The minimum atomic E-state index is -5.30. The first-order valence-electron chi connectivity index (χ1n) is 38.6. The highest BCUT2D eigenvalue weighted by molar-refractivity contribution is 7.82. The van der Waals surface area contributed by atoms with Gasteiger partial charge in [0, 0.05) is 92.9 Å². The number of aliphatic hydroxyl groups excluding tert-OH is 4. The Morgan fingerprint density at radius 3 is 1.42 bits per heavy atom. The van der Waals surface area contributed by atoms with E-state index in [1.165, 1.54) is 38.5 Å². The van der Waals surface area contributed by atoms with Gasteiger partial charge in [-0.3, -0.25) is 24.4 Å². The number of aliphatic imine (C=N–C) groups is 2. The molecule has 39 nitrogen and oxygen atoms in total. The molecule has 0 spiro atoms. The second-order valence-corrected chi connectivity index (χ2v) is 28.5. The Morgan fingerprint density at radius 2 is 0.983 bits per heavy atom. The summed E-state index contributed by atoms with van der Waals surface area (Å²) in [6.07, 6.45) is -0.830. The zero-order valence-electron chi connectivity index (χ0n) is 66.2. The smallest absolute Gasteiger partial charge is 0.493 e. The molecule has 0 bridgehead atoms. The molecule has 1 saturated heterocycles. The number of rotatable bonds is 53. The summed E-state index contributed by atoms with van der Waals surface area (Å²) in [6, 6.07) is 13.4. The van der Waals surface area contributed by atoms with Crippen LogP contribution in [-0.4, -0.2) is 303 Å². The Morgan fingerprint density at radius 1 is 0.542 bits per heavy atom. The Bertz CT molecular complexity index is 4340. The van der Waals surface area contributed by atoms with Gasteiger partial charge in [0.2, 0.25) is 6.29 Å². The highest BCUT2D eigenvalue weighted by Gasteiger charge is 2.46. The van der Waals surface area contributed by atoms with Gasteiger partial charge in [-0.05, 0) is 71.6 Å². The number of imidazole rings is 2. The van der Waals surface area contributed by atoms with Crippen molar-refractivity contribution < 1.29 is 132 Å². The Kier molecular flexibility index (Phi) is 34.5. The number of hydrogen-bond acceptors (Lipinski definition) is 33. The van der Waals surface area contributed by atoms with Gasteiger partial charge in [-0.2, -0.15) is 0 Å². The highest BCUT2D eigenvalue weighted by Crippen LogP contribution is 2.42. The summed E-state index contributed by atoms with van der Waals surface area (Å²) in [4.78, 5) is 67.0. The fourth-order valence-electron chi connectivity index (χ4n) is 13.1.